The van der Waals surface area contributed by atoms with Crippen molar-refractivity contribution in [1.29, 1.82) is 0 Å². The van der Waals surface area contributed by atoms with Crippen molar-refractivity contribution in [3.8, 4) is 0 Å². The second kappa shape index (κ2) is 6.10. The molecule has 1 N–H and O–H groups in total. The molecule has 0 fully saturated rings. The van der Waals surface area contributed by atoms with Crippen LogP contribution >= 0.6 is 0 Å². The summed E-state index contributed by atoms with van der Waals surface area (Å²) in [5.74, 6) is 0. The molecule has 1 aromatic heterocycles. The van der Waals surface area contributed by atoms with E-state index in [0.29, 0.717) is 0 Å². The summed E-state index contributed by atoms with van der Waals surface area (Å²) in [5, 5.41) is 9.43. The SMILES string of the molecule is CCNCc1nn(Cc2ccccc2C)c2ccccc12. The number of nitrogens with one attached hydrogen (secondary N) is 1. The molecule has 0 aliphatic carbocycles. The highest BCUT2D eigenvalue weighted by Crippen LogP contribution is 2.20. The van der Waals surface area contributed by atoms with Crippen LogP contribution in [0.25, 0.3) is 10.9 Å². The Bertz CT molecular complexity index is 743. The molecule has 3 rings (SSSR count). The minimum Gasteiger partial charge on any atom is -0.311 e. The van der Waals surface area contributed by atoms with Crippen molar-refractivity contribution in [1.82, 2.24) is 15.1 Å². The smallest absolute Gasteiger partial charge is 0.0841 e. The Hall–Kier alpha value is -2.13. The van der Waals surface area contributed by atoms with E-state index in [9.17, 15) is 0 Å². The predicted molar refractivity (Wildman–Crippen MR) is 87.4 cm³/mol. The van der Waals surface area contributed by atoms with E-state index in [-0.39, 0.29) is 0 Å². The molecule has 0 amide bonds. The van der Waals surface area contributed by atoms with E-state index in [4.69, 9.17) is 5.10 Å². The Kier molecular flexibility index (Phi) is 4.02. The average Bonchev–Trinajstić information content (AvgIpc) is 2.86. The van der Waals surface area contributed by atoms with Gasteiger partial charge in [-0.05, 0) is 30.7 Å². The Morgan fingerprint density at radius 3 is 2.62 bits per heavy atom. The zero-order chi connectivity index (χ0) is 14.7. The molecule has 0 aliphatic rings. The van der Waals surface area contributed by atoms with Gasteiger partial charge in [0.1, 0.15) is 0 Å². The van der Waals surface area contributed by atoms with Gasteiger partial charge in [0.2, 0.25) is 0 Å². The topological polar surface area (TPSA) is 29.9 Å². The first-order valence-electron chi connectivity index (χ1n) is 7.49. The molecule has 3 aromatic rings. The van der Waals surface area contributed by atoms with Crippen molar-refractivity contribution in [3.05, 3.63) is 65.4 Å². The molecule has 0 spiro atoms. The zero-order valence-corrected chi connectivity index (χ0v) is 12.6. The van der Waals surface area contributed by atoms with Gasteiger partial charge in [-0.1, -0.05) is 49.4 Å². The zero-order valence-electron chi connectivity index (χ0n) is 12.6. The molecule has 21 heavy (non-hydrogen) atoms. The maximum absolute atomic E-state index is 4.82. The van der Waals surface area contributed by atoms with Gasteiger partial charge in [0.15, 0.2) is 0 Å². The summed E-state index contributed by atoms with van der Waals surface area (Å²) in [5.41, 5.74) is 4.96. The fraction of sp³-hybridized carbons (Fsp3) is 0.278. The lowest BCUT2D eigenvalue weighted by molar-refractivity contribution is 0.656. The minimum absolute atomic E-state index is 0.817. The van der Waals surface area contributed by atoms with Crippen molar-refractivity contribution >= 4 is 10.9 Å². The second-order valence-corrected chi connectivity index (χ2v) is 5.33. The van der Waals surface area contributed by atoms with E-state index >= 15 is 0 Å². The van der Waals surface area contributed by atoms with Crippen LogP contribution in [0, 0.1) is 6.92 Å². The number of aryl methyl sites for hydroxylation is 1. The molecule has 0 atom stereocenters. The van der Waals surface area contributed by atoms with Gasteiger partial charge in [0.25, 0.3) is 0 Å². The van der Waals surface area contributed by atoms with Crippen LogP contribution in [0.4, 0.5) is 0 Å². The Morgan fingerprint density at radius 1 is 1.05 bits per heavy atom. The van der Waals surface area contributed by atoms with Crippen LogP contribution in [0.5, 0.6) is 0 Å². The number of nitrogens with zero attached hydrogens (tertiary/aromatic N) is 2. The predicted octanol–water partition coefficient (Wildman–Crippen LogP) is 3.50. The van der Waals surface area contributed by atoms with Gasteiger partial charge in [0.05, 0.1) is 17.8 Å². The van der Waals surface area contributed by atoms with Gasteiger partial charge >= 0.3 is 0 Å². The second-order valence-electron chi connectivity index (χ2n) is 5.33. The quantitative estimate of drug-likeness (QED) is 0.774. The Morgan fingerprint density at radius 2 is 1.81 bits per heavy atom. The Labute approximate surface area is 125 Å². The molecule has 0 radical (unpaired) electrons. The van der Waals surface area contributed by atoms with E-state index in [1.807, 2.05) is 0 Å². The van der Waals surface area contributed by atoms with Gasteiger partial charge in [-0.25, -0.2) is 0 Å². The van der Waals surface area contributed by atoms with E-state index in [2.05, 4.69) is 72.4 Å². The lowest BCUT2D eigenvalue weighted by atomic mass is 10.1. The van der Waals surface area contributed by atoms with Crippen LogP contribution in [0.1, 0.15) is 23.7 Å². The van der Waals surface area contributed by atoms with Gasteiger partial charge in [-0.3, -0.25) is 4.68 Å². The van der Waals surface area contributed by atoms with Crippen LogP contribution in [0.2, 0.25) is 0 Å². The van der Waals surface area contributed by atoms with Gasteiger partial charge in [-0.2, -0.15) is 5.10 Å². The van der Waals surface area contributed by atoms with E-state index in [0.717, 1.165) is 25.3 Å². The third kappa shape index (κ3) is 2.83. The number of hydrogen-bond donors (Lipinski definition) is 1. The molecule has 0 bridgehead atoms. The fourth-order valence-corrected chi connectivity index (χ4v) is 2.64. The summed E-state index contributed by atoms with van der Waals surface area (Å²) in [6.45, 7) is 6.86. The lowest BCUT2D eigenvalue weighted by Gasteiger charge is -2.07. The highest BCUT2D eigenvalue weighted by atomic mass is 15.3. The summed E-state index contributed by atoms with van der Waals surface area (Å²) < 4.78 is 2.12. The van der Waals surface area contributed by atoms with Crippen molar-refractivity contribution in [2.45, 2.75) is 26.9 Å². The molecule has 1 heterocycles. The van der Waals surface area contributed by atoms with Crippen molar-refractivity contribution in [2.75, 3.05) is 6.54 Å². The normalized spacial score (nSPS) is 11.1. The molecule has 0 saturated heterocycles. The summed E-state index contributed by atoms with van der Waals surface area (Å²) in [7, 11) is 0. The lowest BCUT2D eigenvalue weighted by Crippen LogP contribution is -2.13. The molecule has 0 aliphatic heterocycles. The maximum atomic E-state index is 4.82. The Balaban J connectivity index is 2.00. The van der Waals surface area contributed by atoms with Gasteiger partial charge < -0.3 is 5.32 Å². The van der Waals surface area contributed by atoms with Crippen LogP contribution in [-0.2, 0) is 13.1 Å². The molecule has 2 aromatic carbocycles. The summed E-state index contributed by atoms with van der Waals surface area (Å²) in [6.07, 6.45) is 0. The standard InChI is InChI=1S/C18H21N3/c1-3-19-12-17-16-10-6-7-11-18(16)21(20-17)13-15-9-5-4-8-14(15)2/h4-11,19H,3,12-13H2,1-2H3. The maximum Gasteiger partial charge on any atom is 0.0841 e. The third-order valence-electron chi connectivity index (χ3n) is 3.86. The highest BCUT2D eigenvalue weighted by molar-refractivity contribution is 5.82. The van der Waals surface area contributed by atoms with Crippen LogP contribution in [0.3, 0.4) is 0 Å². The molecule has 108 valence electrons. The largest absolute Gasteiger partial charge is 0.311 e. The first-order valence-corrected chi connectivity index (χ1v) is 7.49. The van der Waals surface area contributed by atoms with Crippen LogP contribution < -0.4 is 5.32 Å². The van der Waals surface area contributed by atoms with E-state index < -0.39 is 0 Å². The summed E-state index contributed by atoms with van der Waals surface area (Å²) >= 11 is 0. The monoisotopic (exact) mass is 279 g/mol. The van der Waals surface area contributed by atoms with E-state index in [1.54, 1.807) is 0 Å². The summed E-state index contributed by atoms with van der Waals surface area (Å²) in [4.78, 5) is 0. The number of benzene rings is 2. The number of fused-ring (bicyclic) bond motifs is 1. The van der Waals surface area contributed by atoms with Crippen LogP contribution in [-0.4, -0.2) is 16.3 Å². The molecular weight excluding hydrogens is 258 g/mol. The fourth-order valence-electron chi connectivity index (χ4n) is 2.64. The number of aromatic nitrogens is 2. The van der Waals surface area contributed by atoms with Crippen LogP contribution in [0.15, 0.2) is 48.5 Å². The average molecular weight is 279 g/mol. The van der Waals surface area contributed by atoms with Gasteiger partial charge in [0, 0.05) is 11.9 Å². The van der Waals surface area contributed by atoms with Crippen molar-refractivity contribution < 1.29 is 0 Å². The third-order valence-corrected chi connectivity index (χ3v) is 3.86. The van der Waals surface area contributed by atoms with E-state index in [1.165, 1.54) is 22.0 Å². The minimum atomic E-state index is 0.817. The highest BCUT2D eigenvalue weighted by Gasteiger charge is 2.10. The molecule has 3 nitrogen and oxygen atoms in total. The van der Waals surface area contributed by atoms with Gasteiger partial charge in [-0.15, -0.1) is 0 Å². The number of hydrogen-bond acceptors (Lipinski definition) is 2. The molecule has 0 saturated carbocycles. The first kappa shape index (κ1) is 13.8. The number of para-hydroxylation sites is 1. The van der Waals surface area contributed by atoms with Crippen molar-refractivity contribution in [3.63, 3.8) is 0 Å². The first-order chi connectivity index (χ1) is 10.3. The molecule has 3 heteroatoms. The van der Waals surface area contributed by atoms with Crippen molar-refractivity contribution in [2.24, 2.45) is 0 Å². The summed E-state index contributed by atoms with van der Waals surface area (Å²) in [6, 6.07) is 17.0. The molecule has 0 unspecified atom stereocenters. The molecular formula is C18H21N3. The number of rotatable bonds is 5.